The van der Waals surface area contributed by atoms with Crippen LogP contribution in [0, 0.1) is 0 Å². The van der Waals surface area contributed by atoms with Gasteiger partial charge < -0.3 is 24.1 Å². The van der Waals surface area contributed by atoms with Gasteiger partial charge in [-0.2, -0.15) is 5.10 Å². The second kappa shape index (κ2) is 17.5. The van der Waals surface area contributed by atoms with Crippen molar-refractivity contribution in [1.29, 1.82) is 0 Å². The van der Waals surface area contributed by atoms with E-state index in [-0.39, 0.29) is 18.4 Å². The van der Waals surface area contributed by atoms with E-state index in [0.29, 0.717) is 37.2 Å². The van der Waals surface area contributed by atoms with Gasteiger partial charge in [0.05, 0.1) is 43.3 Å². The second-order valence-electron chi connectivity index (χ2n) is 12.2. The first-order valence-corrected chi connectivity index (χ1v) is 18.1. The van der Waals surface area contributed by atoms with Gasteiger partial charge in [0.2, 0.25) is 0 Å². The van der Waals surface area contributed by atoms with Crippen LogP contribution >= 0.6 is 28.3 Å². The monoisotopic (exact) mass is 751 g/mol. The minimum Gasteiger partial charge on any atom is -0.493 e. The molecule has 0 amide bonds. The lowest BCUT2D eigenvalue weighted by atomic mass is 9.98. The van der Waals surface area contributed by atoms with Crippen molar-refractivity contribution in [3.8, 4) is 16.9 Å². The van der Waals surface area contributed by atoms with Gasteiger partial charge in [-0.3, -0.25) is 9.58 Å². The Bertz CT molecular complexity index is 1860. The summed E-state index contributed by atoms with van der Waals surface area (Å²) in [4.78, 5) is 16.3. The summed E-state index contributed by atoms with van der Waals surface area (Å²) >= 11 is 3.77. The molecule has 0 saturated carbocycles. The highest BCUT2D eigenvalue weighted by atomic mass is 79.9. The smallest absolute Gasteiger partial charge is 0.355 e. The van der Waals surface area contributed by atoms with E-state index in [1.54, 1.807) is 0 Å². The maximum absolute atomic E-state index is 13.9. The Morgan fingerprint density at radius 2 is 1.78 bits per heavy atom. The molecule has 1 aliphatic heterocycles. The summed E-state index contributed by atoms with van der Waals surface area (Å²) in [7, 11) is 3.98. The number of fused-ring (bicyclic) bond motifs is 2. The van der Waals surface area contributed by atoms with Gasteiger partial charge in [0.25, 0.3) is 0 Å². The molecule has 1 saturated heterocycles. The molecule has 11 heteroatoms. The van der Waals surface area contributed by atoms with E-state index in [2.05, 4.69) is 67.1 Å². The molecule has 49 heavy (non-hydrogen) atoms. The van der Waals surface area contributed by atoms with Gasteiger partial charge in [0, 0.05) is 60.5 Å². The van der Waals surface area contributed by atoms with Crippen molar-refractivity contribution in [2.24, 2.45) is 7.05 Å². The molecule has 1 aliphatic rings. The summed E-state index contributed by atoms with van der Waals surface area (Å²) < 4.78 is 21.9. The zero-order chi connectivity index (χ0) is 33.5. The quantitative estimate of drug-likeness (QED) is 0.0692. The third kappa shape index (κ3) is 7.99. The number of esters is 1. The lowest BCUT2D eigenvalue weighted by Gasteiger charge is -2.26. The number of hydrogen-bond acceptors (Lipinski definition) is 7. The molecule has 262 valence electrons. The first kappa shape index (κ1) is 36.9. The van der Waals surface area contributed by atoms with E-state index in [9.17, 15) is 4.79 Å². The third-order valence-electron chi connectivity index (χ3n) is 9.15. The van der Waals surface area contributed by atoms with Crippen LogP contribution in [0.25, 0.3) is 32.8 Å². The number of carbonyl (C=O) groups excluding carboxylic acids is 1. The third-order valence-corrected chi connectivity index (χ3v) is 9.69. The van der Waals surface area contributed by atoms with Crippen molar-refractivity contribution in [2.75, 3.05) is 53.1 Å². The molecule has 6 rings (SSSR count). The van der Waals surface area contributed by atoms with Crippen LogP contribution in [0.4, 0.5) is 0 Å². The molecule has 3 heterocycles. The number of nitrogens with one attached hydrogen (secondary N) is 1. The van der Waals surface area contributed by atoms with Crippen LogP contribution < -0.4 is 10.1 Å². The topological polar surface area (TPSA) is 82.8 Å². The number of halogens is 2. The van der Waals surface area contributed by atoms with Crippen molar-refractivity contribution in [3.63, 3.8) is 0 Å². The Balaban J connectivity index is 0.00000468. The number of rotatable bonds is 15. The number of aryl methyl sites for hydroxylation is 3. The zero-order valence-corrected chi connectivity index (χ0v) is 31.1. The number of hydrogen-bond donors (Lipinski definition) is 1. The predicted octanol–water partition coefficient (Wildman–Crippen LogP) is 7.14. The largest absolute Gasteiger partial charge is 0.493 e. The molecule has 3 aromatic carbocycles. The highest BCUT2D eigenvalue weighted by molar-refractivity contribution is 9.08. The van der Waals surface area contributed by atoms with Gasteiger partial charge in [0.1, 0.15) is 11.4 Å². The minimum atomic E-state index is -0.283. The van der Waals surface area contributed by atoms with Gasteiger partial charge in [-0.1, -0.05) is 70.5 Å². The molecule has 0 unspecified atom stereocenters. The molecule has 1 fully saturated rings. The summed E-state index contributed by atoms with van der Waals surface area (Å²) in [6.45, 7) is 8.17. The average Bonchev–Trinajstić information content (AvgIpc) is 3.60. The average molecular weight is 753 g/mol. The maximum atomic E-state index is 13.9. The first-order valence-electron chi connectivity index (χ1n) is 17.0. The van der Waals surface area contributed by atoms with Gasteiger partial charge in [0.15, 0.2) is 0 Å². The molecule has 2 aromatic heterocycles. The van der Waals surface area contributed by atoms with Gasteiger partial charge in [-0.25, -0.2) is 4.79 Å². The van der Waals surface area contributed by atoms with E-state index < -0.39 is 0 Å². The summed E-state index contributed by atoms with van der Waals surface area (Å²) in [6.07, 6.45) is 2.29. The van der Waals surface area contributed by atoms with Crippen LogP contribution in [0.15, 0.2) is 60.7 Å². The summed E-state index contributed by atoms with van der Waals surface area (Å²) in [5.74, 6) is 0.594. The molecule has 0 atom stereocenters. The summed E-state index contributed by atoms with van der Waals surface area (Å²) in [6, 6.07) is 20.9. The Labute approximate surface area is 303 Å². The van der Waals surface area contributed by atoms with Crippen LogP contribution in [0.1, 0.15) is 47.2 Å². The Kier molecular flexibility index (Phi) is 13.2. The molecule has 0 aliphatic carbocycles. The highest BCUT2D eigenvalue weighted by Gasteiger charge is 2.28. The summed E-state index contributed by atoms with van der Waals surface area (Å²) in [5, 5.41) is 12.3. The van der Waals surface area contributed by atoms with Crippen molar-refractivity contribution < 1.29 is 19.0 Å². The molecular weight excluding hydrogens is 706 g/mol. The van der Waals surface area contributed by atoms with Crippen LogP contribution in [0.3, 0.4) is 0 Å². The Morgan fingerprint density at radius 3 is 2.55 bits per heavy atom. The van der Waals surface area contributed by atoms with E-state index in [4.69, 9.17) is 19.3 Å². The Hall–Kier alpha value is -3.41. The van der Waals surface area contributed by atoms with E-state index in [1.165, 1.54) is 0 Å². The van der Waals surface area contributed by atoms with E-state index >= 15 is 0 Å². The normalized spacial score (nSPS) is 13.6. The molecule has 0 bridgehead atoms. The molecule has 5 aromatic rings. The van der Waals surface area contributed by atoms with Crippen LogP contribution in [0.5, 0.6) is 5.75 Å². The number of para-hydroxylation sites is 1. The molecule has 9 nitrogen and oxygen atoms in total. The van der Waals surface area contributed by atoms with Gasteiger partial charge in [-0.15, -0.1) is 12.4 Å². The van der Waals surface area contributed by atoms with E-state index in [0.717, 1.165) is 108 Å². The fourth-order valence-electron chi connectivity index (χ4n) is 6.92. The van der Waals surface area contributed by atoms with Gasteiger partial charge in [-0.05, 0) is 56.8 Å². The number of ether oxygens (including phenoxy) is 3. The van der Waals surface area contributed by atoms with Crippen molar-refractivity contribution in [1.82, 2.24) is 24.6 Å². The molecule has 0 radical (unpaired) electrons. The number of nitrogens with zero attached hydrogens (tertiary/aromatic N) is 4. The minimum absolute atomic E-state index is 0. The van der Waals surface area contributed by atoms with Crippen LogP contribution in [0.2, 0.25) is 0 Å². The lowest BCUT2D eigenvalue weighted by Crippen LogP contribution is -2.35. The van der Waals surface area contributed by atoms with Crippen LogP contribution in [-0.4, -0.2) is 78.3 Å². The fourth-order valence-corrected chi connectivity index (χ4v) is 7.57. The SMILES string of the molecule is CCOC(=O)c1c(CCCOc2cccc3ccccc23)c2cccc(-c3c(CN4CCOCC4)nn(C)c3CBr)c2n1CCCNC.Cl. The predicted molar refractivity (Wildman–Crippen MR) is 202 cm³/mol. The molecule has 1 N–H and O–H groups in total. The maximum Gasteiger partial charge on any atom is 0.355 e. The molecule has 0 spiro atoms. The number of aromatic nitrogens is 3. The lowest BCUT2D eigenvalue weighted by molar-refractivity contribution is 0.0336. The Morgan fingerprint density at radius 1 is 1.02 bits per heavy atom. The molecular formula is C38H47BrClN5O4. The van der Waals surface area contributed by atoms with Crippen molar-refractivity contribution in [2.45, 2.75) is 44.6 Å². The van der Waals surface area contributed by atoms with Gasteiger partial charge >= 0.3 is 5.97 Å². The van der Waals surface area contributed by atoms with Crippen LogP contribution in [-0.2, 0) is 41.4 Å². The fraction of sp³-hybridized carbons (Fsp3) is 0.421. The number of benzene rings is 3. The summed E-state index contributed by atoms with van der Waals surface area (Å²) in [5.41, 5.74) is 7.06. The highest BCUT2D eigenvalue weighted by Crippen LogP contribution is 2.39. The second-order valence-corrected chi connectivity index (χ2v) is 12.8. The van der Waals surface area contributed by atoms with Crippen molar-refractivity contribution in [3.05, 3.63) is 83.3 Å². The van der Waals surface area contributed by atoms with E-state index in [1.807, 2.05) is 50.0 Å². The number of carbonyl (C=O) groups is 1. The number of alkyl halides is 1. The number of morpholine rings is 1. The van der Waals surface area contributed by atoms with Crippen molar-refractivity contribution >= 4 is 56.0 Å². The standard InChI is InChI=1S/C38H46BrN5O4.ClH/c1-4-47-38(45)37-30(16-9-22-48-34-17-7-12-27-11-5-6-13-28(27)34)29-14-8-15-31(36(29)44(37)19-10-18-40-2)35-32(41-42(3)33(35)25-39)26-43-20-23-46-24-21-43;/h5-8,11-15,17,40H,4,9-10,16,18-26H2,1-3H3;1H. The zero-order valence-electron chi connectivity index (χ0n) is 28.7. The first-order chi connectivity index (χ1) is 23.5.